The third-order valence-corrected chi connectivity index (χ3v) is 7.81. The predicted molar refractivity (Wildman–Crippen MR) is 114 cm³/mol. The van der Waals surface area contributed by atoms with Crippen LogP contribution in [0.1, 0.15) is 19.3 Å². The molecule has 4 rings (SSSR count). The molecule has 0 aliphatic carbocycles. The van der Waals surface area contributed by atoms with Crippen LogP contribution in [-0.4, -0.2) is 44.3 Å². The van der Waals surface area contributed by atoms with E-state index in [9.17, 15) is 22.0 Å². The third kappa shape index (κ3) is 5.08. The number of aromatic nitrogens is 1. The molecule has 10 heteroatoms. The molecule has 1 unspecified atom stereocenters. The second-order valence-electron chi connectivity index (χ2n) is 7.27. The molecular formula is C21H20F2N2O4S2. The number of amides is 1. The van der Waals surface area contributed by atoms with Crippen LogP contribution in [0.3, 0.4) is 0 Å². The fourth-order valence-corrected chi connectivity index (χ4v) is 5.64. The lowest BCUT2D eigenvalue weighted by atomic mass is 10.2. The molecule has 0 spiro atoms. The van der Waals surface area contributed by atoms with Crippen molar-refractivity contribution >= 4 is 42.4 Å². The van der Waals surface area contributed by atoms with Crippen molar-refractivity contribution in [1.29, 1.82) is 0 Å². The summed E-state index contributed by atoms with van der Waals surface area (Å²) in [5.41, 5.74) is 0.561. The molecule has 1 aliphatic heterocycles. The summed E-state index contributed by atoms with van der Waals surface area (Å²) in [6.07, 6.45) is 1.24. The van der Waals surface area contributed by atoms with Gasteiger partial charge >= 0.3 is 0 Å². The minimum Gasteiger partial charge on any atom is -0.376 e. The Hall–Kier alpha value is -2.43. The second kappa shape index (κ2) is 8.97. The molecule has 0 radical (unpaired) electrons. The summed E-state index contributed by atoms with van der Waals surface area (Å²) in [5.74, 6) is -1.77. The Bertz CT molecular complexity index is 1190. The van der Waals surface area contributed by atoms with Gasteiger partial charge < -0.3 is 4.74 Å². The lowest BCUT2D eigenvalue weighted by Crippen LogP contribution is -2.38. The minimum absolute atomic E-state index is 0.0390. The number of fused-ring (bicyclic) bond motifs is 1. The fraction of sp³-hybridized carbons (Fsp3) is 0.333. The number of ether oxygens (including phenoxy) is 1. The van der Waals surface area contributed by atoms with E-state index in [1.54, 1.807) is 6.07 Å². The number of sulfone groups is 1. The molecule has 1 aliphatic rings. The molecular weight excluding hydrogens is 446 g/mol. The SMILES string of the molecule is O=C(CCS(=O)(=O)c1ccc(F)cc1)N(CC1CCCO1)c1nc2ccc(F)cc2s1. The van der Waals surface area contributed by atoms with E-state index in [-0.39, 0.29) is 24.0 Å². The van der Waals surface area contributed by atoms with E-state index < -0.39 is 33.1 Å². The van der Waals surface area contributed by atoms with Crippen molar-refractivity contribution < 1.29 is 26.7 Å². The Labute approximate surface area is 182 Å². The zero-order valence-electron chi connectivity index (χ0n) is 16.5. The van der Waals surface area contributed by atoms with Crippen LogP contribution in [0.15, 0.2) is 47.4 Å². The standard InChI is InChI=1S/C21H20F2N2O4S2/c22-14-3-6-17(7-4-14)31(27,28)11-9-20(26)25(13-16-2-1-10-29-16)21-24-18-8-5-15(23)12-19(18)30-21/h3-8,12,16H,1-2,9-11,13H2. The lowest BCUT2D eigenvalue weighted by molar-refractivity contribution is -0.118. The molecule has 0 N–H and O–H groups in total. The van der Waals surface area contributed by atoms with E-state index in [4.69, 9.17) is 4.74 Å². The first-order valence-corrected chi connectivity index (χ1v) is 12.2. The topological polar surface area (TPSA) is 76.6 Å². The summed E-state index contributed by atoms with van der Waals surface area (Å²) in [4.78, 5) is 18.9. The van der Waals surface area contributed by atoms with E-state index in [1.165, 1.54) is 40.5 Å². The van der Waals surface area contributed by atoms with Crippen molar-refractivity contribution in [2.45, 2.75) is 30.3 Å². The molecule has 3 aromatic rings. The number of carbonyl (C=O) groups is 1. The van der Waals surface area contributed by atoms with E-state index in [0.29, 0.717) is 22.0 Å². The molecule has 1 saturated heterocycles. The van der Waals surface area contributed by atoms with Crippen molar-refractivity contribution in [2.75, 3.05) is 23.8 Å². The Balaban J connectivity index is 1.55. The monoisotopic (exact) mass is 466 g/mol. The van der Waals surface area contributed by atoms with Gasteiger partial charge in [0.05, 0.1) is 33.5 Å². The predicted octanol–water partition coefficient (Wildman–Crippen LogP) is 3.95. The van der Waals surface area contributed by atoms with Crippen LogP contribution < -0.4 is 4.90 Å². The highest BCUT2D eigenvalue weighted by Crippen LogP contribution is 2.31. The quantitative estimate of drug-likeness (QED) is 0.493. The molecule has 31 heavy (non-hydrogen) atoms. The molecule has 0 saturated carbocycles. The van der Waals surface area contributed by atoms with Crippen LogP contribution in [0.25, 0.3) is 10.2 Å². The number of benzene rings is 2. The van der Waals surface area contributed by atoms with Gasteiger partial charge in [-0.1, -0.05) is 11.3 Å². The van der Waals surface area contributed by atoms with E-state index in [2.05, 4.69) is 4.98 Å². The molecule has 2 heterocycles. The highest BCUT2D eigenvalue weighted by atomic mass is 32.2. The maximum Gasteiger partial charge on any atom is 0.229 e. The van der Waals surface area contributed by atoms with Crippen LogP contribution >= 0.6 is 11.3 Å². The largest absolute Gasteiger partial charge is 0.376 e. The highest BCUT2D eigenvalue weighted by Gasteiger charge is 2.27. The summed E-state index contributed by atoms with van der Waals surface area (Å²) in [7, 11) is -3.76. The van der Waals surface area contributed by atoms with Gasteiger partial charge in [-0.05, 0) is 55.3 Å². The van der Waals surface area contributed by atoms with Crippen molar-refractivity contribution in [3.8, 4) is 0 Å². The van der Waals surface area contributed by atoms with Gasteiger partial charge in [0.25, 0.3) is 0 Å². The zero-order valence-corrected chi connectivity index (χ0v) is 18.1. The van der Waals surface area contributed by atoms with Gasteiger partial charge in [-0.3, -0.25) is 9.69 Å². The van der Waals surface area contributed by atoms with Crippen LogP contribution in [0, 0.1) is 11.6 Å². The summed E-state index contributed by atoms with van der Waals surface area (Å²) in [5, 5.41) is 0.375. The van der Waals surface area contributed by atoms with Crippen molar-refractivity contribution in [3.63, 3.8) is 0 Å². The number of thiazole rings is 1. The molecule has 1 amide bonds. The van der Waals surface area contributed by atoms with E-state index in [1.807, 2.05) is 0 Å². The molecule has 1 aromatic heterocycles. The fourth-order valence-electron chi connectivity index (χ4n) is 3.40. The van der Waals surface area contributed by atoms with Gasteiger partial charge in [0.2, 0.25) is 5.91 Å². The van der Waals surface area contributed by atoms with Gasteiger partial charge in [-0.15, -0.1) is 0 Å². The van der Waals surface area contributed by atoms with Crippen molar-refractivity contribution in [1.82, 2.24) is 4.98 Å². The lowest BCUT2D eigenvalue weighted by Gasteiger charge is -2.23. The van der Waals surface area contributed by atoms with Crippen LogP contribution in [0.4, 0.5) is 13.9 Å². The summed E-state index contributed by atoms with van der Waals surface area (Å²) >= 11 is 1.17. The number of carbonyl (C=O) groups excluding carboxylic acids is 1. The molecule has 164 valence electrons. The smallest absolute Gasteiger partial charge is 0.229 e. The van der Waals surface area contributed by atoms with E-state index in [0.717, 1.165) is 25.0 Å². The molecule has 2 aromatic carbocycles. The number of rotatable bonds is 7. The summed E-state index contributed by atoms with van der Waals surface area (Å²) < 4.78 is 58.0. The third-order valence-electron chi connectivity index (χ3n) is 5.04. The average molecular weight is 467 g/mol. The number of anilines is 1. The Morgan fingerprint density at radius 2 is 1.90 bits per heavy atom. The second-order valence-corrected chi connectivity index (χ2v) is 10.4. The highest BCUT2D eigenvalue weighted by molar-refractivity contribution is 7.91. The van der Waals surface area contributed by atoms with Crippen LogP contribution in [0.2, 0.25) is 0 Å². The van der Waals surface area contributed by atoms with E-state index >= 15 is 0 Å². The van der Waals surface area contributed by atoms with Crippen molar-refractivity contribution in [2.24, 2.45) is 0 Å². The average Bonchev–Trinajstić information content (AvgIpc) is 3.39. The van der Waals surface area contributed by atoms with Gasteiger partial charge in [0.1, 0.15) is 11.6 Å². The Morgan fingerprint density at radius 1 is 1.16 bits per heavy atom. The summed E-state index contributed by atoms with van der Waals surface area (Å²) in [6.45, 7) is 0.856. The maximum absolute atomic E-state index is 13.6. The normalized spacial score (nSPS) is 16.6. The van der Waals surface area contributed by atoms with Gasteiger partial charge in [0.15, 0.2) is 15.0 Å². The van der Waals surface area contributed by atoms with Crippen LogP contribution in [0.5, 0.6) is 0 Å². The zero-order chi connectivity index (χ0) is 22.0. The number of halogens is 2. The first-order valence-electron chi connectivity index (χ1n) is 9.78. The summed E-state index contributed by atoms with van der Waals surface area (Å²) in [6, 6.07) is 8.69. The van der Waals surface area contributed by atoms with Gasteiger partial charge in [0, 0.05) is 13.0 Å². The Kier molecular flexibility index (Phi) is 6.31. The first kappa shape index (κ1) is 21.8. The number of hydrogen-bond donors (Lipinski definition) is 0. The Morgan fingerprint density at radius 3 is 2.61 bits per heavy atom. The molecule has 1 atom stereocenters. The van der Waals surface area contributed by atoms with Gasteiger partial charge in [-0.25, -0.2) is 22.2 Å². The molecule has 6 nitrogen and oxygen atoms in total. The molecule has 0 bridgehead atoms. The molecule has 1 fully saturated rings. The van der Waals surface area contributed by atoms with Crippen molar-refractivity contribution in [3.05, 3.63) is 54.1 Å². The maximum atomic E-state index is 13.6. The minimum atomic E-state index is -3.76. The van der Waals surface area contributed by atoms with Crippen LogP contribution in [-0.2, 0) is 19.4 Å². The van der Waals surface area contributed by atoms with Gasteiger partial charge in [-0.2, -0.15) is 0 Å². The number of hydrogen-bond acceptors (Lipinski definition) is 6. The number of nitrogens with zero attached hydrogens (tertiary/aromatic N) is 2. The first-order chi connectivity index (χ1) is 14.8.